The highest BCUT2D eigenvalue weighted by atomic mass is 14.9. The number of nitrogens with one attached hydrogen (secondary N) is 1. The molecule has 1 aromatic heterocycles. The molecule has 1 heterocycles. The molecule has 1 aromatic carbocycles. The van der Waals surface area contributed by atoms with E-state index in [9.17, 15) is 0 Å². The maximum Gasteiger partial charge on any atom is 0.101 e. The molecule has 0 amide bonds. The summed E-state index contributed by atoms with van der Waals surface area (Å²) in [5, 5.41) is 12.3. The van der Waals surface area contributed by atoms with Crippen molar-refractivity contribution in [2.45, 2.75) is 19.8 Å². The molecule has 0 aliphatic rings. The van der Waals surface area contributed by atoms with Crippen molar-refractivity contribution < 1.29 is 0 Å². The highest BCUT2D eigenvalue weighted by Crippen LogP contribution is 2.23. The predicted octanol–water partition coefficient (Wildman–Crippen LogP) is 3.82. The van der Waals surface area contributed by atoms with Crippen molar-refractivity contribution >= 4 is 11.4 Å². The van der Waals surface area contributed by atoms with Gasteiger partial charge >= 0.3 is 0 Å². The van der Waals surface area contributed by atoms with Gasteiger partial charge in [-0.15, -0.1) is 0 Å². The molecule has 2 rings (SSSR count). The Morgan fingerprint density at radius 1 is 1.28 bits per heavy atom. The van der Waals surface area contributed by atoms with E-state index in [1.165, 1.54) is 5.56 Å². The first-order chi connectivity index (χ1) is 8.70. The van der Waals surface area contributed by atoms with E-state index in [1.54, 1.807) is 18.5 Å². The van der Waals surface area contributed by atoms with E-state index in [1.807, 2.05) is 12.1 Å². The van der Waals surface area contributed by atoms with Crippen LogP contribution in [0, 0.1) is 11.3 Å². The van der Waals surface area contributed by atoms with Crippen molar-refractivity contribution in [2.75, 3.05) is 5.32 Å². The van der Waals surface area contributed by atoms with Crippen LogP contribution in [0.3, 0.4) is 0 Å². The van der Waals surface area contributed by atoms with E-state index < -0.39 is 0 Å². The second-order valence-corrected chi connectivity index (χ2v) is 4.44. The van der Waals surface area contributed by atoms with Gasteiger partial charge in [-0.1, -0.05) is 26.0 Å². The van der Waals surface area contributed by atoms with Crippen LogP contribution in [-0.2, 0) is 0 Å². The number of hydrogen-bond acceptors (Lipinski definition) is 3. The monoisotopic (exact) mass is 237 g/mol. The SMILES string of the molecule is CC(C)c1cccc(Nc2cnccc2C#N)c1. The van der Waals surface area contributed by atoms with Crippen molar-refractivity contribution in [1.29, 1.82) is 5.26 Å². The molecule has 0 aliphatic heterocycles. The van der Waals surface area contributed by atoms with Gasteiger partial charge in [-0.3, -0.25) is 4.98 Å². The summed E-state index contributed by atoms with van der Waals surface area (Å²) in [6.07, 6.45) is 3.29. The topological polar surface area (TPSA) is 48.7 Å². The summed E-state index contributed by atoms with van der Waals surface area (Å²) >= 11 is 0. The van der Waals surface area contributed by atoms with Gasteiger partial charge < -0.3 is 5.32 Å². The van der Waals surface area contributed by atoms with Gasteiger partial charge in [-0.05, 0) is 29.7 Å². The van der Waals surface area contributed by atoms with Gasteiger partial charge in [0, 0.05) is 11.9 Å². The van der Waals surface area contributed by atoms with Crippen LogP contribution in [0.2, 0.25) is 0 Å². The molecule has 0 saturated carbocycles. The summed E-state index contributed by atoms with van der Waals surface area (Å²) in [6.45, 7) is 4.31. The molecule has 0 fully saturated rings. The molecule has 0 saturated heterocycles. The normalized spacial score (nSPS) is 10.1. The lowest BCUT2D eigenvalue weighted by molar-refractivity contribution is 0.867. The Morgan fingerprint density at radius 3 is 2.83 bits per heavy atom. The summed E-state index contributed by atoms with van der Waals surface area (Å²) in [5.74, 6) is 0.482. The number of benzene rings is 1. The van der Waals surface area contributed by atoms with Crippen molar-refractivity contribution in [3.05, 3.63) is 53.9 Å². The molecule has 90 valence electrons. The van der Waals surface area contributed by atoms with Gasteiger partial charge in [0.1, 0.15) is 6.07 Å². The molecule has 0 bridgehead atoms. The lowest BCUT2D eigenvalue weighted by Gasteiger charge is -2.10. The van der Waals surface area contributed by atoms with Crippen molar-refractivity contribution in [2.24, 2.45) is 0 Å². The molecular formula is C15H15N3. The second-order valence-electron chi connectivity index (χ2n) is 4.44. The number of nitriles is 1. The quantitative estimate of drug-likeness (QED) is 0.882. The van der Waals surface area contributed by atoms with Crippen LogP contribution in [-0.4, -0.2) is 4.98 Å². The van der Waals surface area contributed by atoms with Crippen molar-refractivity contribution in [3.63, 3.8) is 0 Å². The van der Waals surface area contributed by atoms with Crippen LogP contribution in [0.4, 0.5) is 11.4 Å². The standard InChI is InChI=1S/C15H15N3/c1-11(2)12-4-3-5-14(8-12)18-15-10-17-7-6-13(15)9-16/h3-8,10-11,18H,1-2H3. The Kier molecular flexibility index (Phi) is 3.59. The zero-order chi connectivity index (χ0) is 13.0. The molecule has 0 radical (unpaired) electrons. The third-order valence-electron chi connectivity index (χ3n) is 2.77. The average Bonchev–Trinajstić information content (AvgIpc) is 2.39. The average molecular weight is 237 g/mol. The Bertz CT molecular complexity index is 582. The number of aromatic nitrogens is 1. The van der Waals surface area contributed by atoms with Gasteiger partial charge in [0.05, 0.1) is 17.4 Å². The number of rotatable bonds is 3. The molecule has 0 unspecified atom stereocenters. The van der Waals surface area contributed by atoms with Crippen molar-refractivity contribution in [3.8, 4) is 6.07 Å². The zero-order valence-electron chi connectivity index (χ0n) is 10.5. The first-order valence-corrected chi connectivity index (χ1v) is 5.92. The summed E-state index contributed by atoms with van der Waals surface area (Å²) < 4.78 is 0. The molecular weight excluding hydrogens is 222 g/mol. The fourth-order valence-corrected chi connectivity index (χ4v) is 1.72. The summed E-state index contributed by atoms with van der Waals surface area (Å²) in [5.41, 5.74) is 3.58. The summed E-state index contributed by atoms with van der Waals surface area (Å²) in [4.78, 5) is 4.03. The Balaban J connectivity index is 2.29. The Hall–Kier alpha value is -2.34. The molecule has 0 aliphatic carbocycles. The van der Waals surface area contributed by atoms with Gasteiger partial charge in [0.15, 0.2) is 0 Å². The number of anilines is 2. The van der Waals surface area contributed by atoms with Gasteiger partial charge in [-0.25, -0.2) is 0 Å². The molecule has 1 N–H and O–H groups in total. The van der Waals surface area contributed by atoms with Gasteiger partial charge in [0.25, 0.3) is 0 Å². The van der Waals surface area contributed by atoms with Crippen LogP contribution in [0.25, 0.3) is 0 Å². The zero-order valence-corrected chi connectivity index (χ0v) is 10.5. The second kappa shape index (κ2) is 5.33. The number of pyridine rings is 1. The van der Waals surface area contributed by atoms with Crippen LogP contribution < -0.4 is 5.32 Å². The third-order valence-corrected chi connectivity index (χ3v) is 2.77. The Labute approximate surface area is 107 Å². The van der Waals surface area contributed by atoms with E-state index in [2.05, 4.69) is 42.4 Å². The highest BCUT2D eigenvalue weighted by molar-refractivity contribution is 5.65. The van der Waals surface area contributed by atoms with Gasteiger partial charge in [-0.2, -0.15) is 5.26 Å². The van der Waals surface area contributed by atoms with E-state index in [0.29, 0.717) is 11.5 Å². The van der Waals surface area contributed by atoms with E-state index in [4.69, 9.17) is 5.26 Å². The molecule has 3 nitrogen and oxygen atoms in total. The minimum absolute atomic E-state index is 0.482. The largest absolute Gasteiger partial charge is 0.353 e. The fourth-order valence-electron chi connectivity index (χ4n) is 1.72. The van der Waals surface area contributed by atoms with Crippen LogP contribution in [0.15, 0.2) is 42.7 Å². The highest BCUT2D eigenvalue weighted by Gasteiger charge is 2.03. The maximum atomic E-state index is 9.02. The Morgan fingerprint density at radius 2 is 2.11 bits per heavy atom. The third kappa shape index (κ3) is 2.67. The molecule has 2 aromatic rings. The van der Waals surface area contributed by atoms with E-state index >= 15 is 0 Å². The molecule has 0 spiro atoms. The number of nitrogens with zero attached hydrogens (tertiary/aromatic N) is 2. The first-order valence-electron chi connectivity index (χ1n) is 5.92. The molecule has 0 atom stereocenters. The van der Waals surface area contributed by atoms with E-state index in [0.717, 1.165) is 11.4 Å². The van der Waals surface area contributed by atoms with Crippen LogP contribution in [0.1, 0.15) is 30.9 Å². The smallest absolute Gasteiger partial charge is 0.101 e. The minimum Gasteiger partial charge on any atom is -0.353 e. The van der Waals surface area contributed by atoms with Crippen LogP contribution >= 0.6 is 0 Å². The summed E-state index contributed by atoms with van der Waals surface area (Å²) in [6, 6.07) is 12.1. The van der Waals surface area contributed by atoms with Gasteiger partial charge in [0.2, 0.25) is 0 Å². The first kappa shape index (κ1) is 12.1. The minimum atomic E-state index is 0.482. The lowest BCUT2D eigenvalue weighted by Crippen LogP contribution is -1.96. The fraction of sp³-hybridized carbons (Fsp3) is 0.200. The maximum absolute atomic E-state index is 9.02. The molecule has 3 heteroatoms. The molecule has 18 heavy (non-hydrogen) atoms. The van der Waals surface area contributed by atoms with E-state index in [-0.39, 0.29) is 0 Å². The number of hydrogen-bond donors (Lipinski definition) is 1. The van der Waals surface area contributed by atoms with Crippen LogP contribution in [0.5, 0.6) is 0 Å². The summed E-state index contributed by atoms with van der Waals surface area (Å²) in [7, 11) is 0. The predicted molar refractivity (Wildman–Crippen MR) is 72.8 cm³/mol. The van der Waals surface area contributed by atoms with Crippen molar-refractivity contribution in [1.82, 2.24) is 4.98 Å². The lowest BCUT2D eigenvalue weighted by atomic mass is 10.0.